The van der Waals surface area contributed by atoms with Gasteiger partial charge in [-0.3, -0.25) is 4.90 Å². The van der Waals surface area contributed by atoms with Gasteiger partial charge in [0.05, 0.1) is 0 Å². The molecular formula is C12H19N3O2. The van der Waals surface area contributed by atoms with E-state index in [1.54, 1.807) is 12.3 Å². The molecule has 1 unspecified atom stereocenters. The number of hydrogen-bond acceptors (Lipinski definition) is 5. The Bertz CT molecular complexity index is 315. The molecule has 2 N–H and O–H groups in total. The van der Waals surface area contributed by atoms with Crippen LogP contribution in [-0.2, 0) is 0 Å². The van der Waals surface area contributed by atoms with Crippen LogP contribution in [0.5, 0.6) is 5.88 Å². The van der Waals surface area contributed by atoms with E-state index in [0.717, 1.165) is 26.2 Å². The standard InChI is InChI=1S/C12H19N3O2/c16-11(9-15-7-5-13-6-8-15)10-17-12-3-1-2-4-14-12/h1-4,11,13,16H,5-10H2. The number of aliphatic hydroxyl groups is 1. The first-order chi connectivity index (χ1) is 8.34. The fraction of sp³-hybridized carbons (Fsp3) is 0.583. The Morgan fingerprint density at radius 2 is 2.24 bits per heavy atom. The quantitative estimate of drug-likeness (QED) is 0.738. The summed E-state index contributed by atoms with van der Waals surface area (Å²) in [4.78, 5) is 6.28. The second-order valence-electron chi connectivity index (χ2n) is 4.18. The fourth-order valence-corrected chi connectivity index (χ4v) is 1.86. The summed E-state index contributed by atoms with van der Waals surface area (Å²) in [6.07, 6.45) is 1.22. The molecule has 0 amide bonds. The van der Waals surface area contributed by atoms with E-state index in [4.69, 9.17) is 4.74 Å². The predicted molar refractivity (Wildman–Crippen MR) is 65.0 cm³/mol. The molecule has 5 nitrogen and oxygen atoms in total. The average molecular weight is 237 g/mol. The lowest BCUT2D eigenvalue weighted by Gasteiger charge is -2.28. The van der Waals surface area contributed by atoms with Crippen LogP contribution in [0.1, 0.15) is 0 Å². The van der Waals surface area contributed by atoms with Gasteiger partial charge in [-0.1, -0.05) is 6.07 Å². The van der Waals surface area contributed by atoms with Crippen molar-refractivity contribution in [2.75, 3.05) is 39.3 Å². The van der Waals surface area contributed by atoms with E-state index in [1.807, 2.05) is 12.1 Å². The zero-order valence-corrected chi connectivity index (χ0v) is 9.88. The summed E-state index contributed by atoms with van der Waals surface area (Å²) in [6, 6.07) is 5.49. The van der Waals surface area contributed by atoms with E-state index in [2.05, 4.69) is 15.2 Å². The molecule has 2 rings (SSSR count). The number of rotatable bonds is 5. The molecule has 1 aromatic heterocycles. The van der Waals surface area contributed by atoms with Gasteiger partial charge in [0, 0.05) is 45.0 Å². The number of hydrogen-bond donors (Lipinski definition) is 2. The van der Waals surface area contributed by atoms with Gasteiger partial charge in [0.1, 0.15) is 12.7 Å². The summed E-state index contributed by atoms with van der Waals surface area (Å²) in [5, 5.41) is 13.1. The molecule has 0 radical (unpaired) electrons. The molecule has 1 aliphatic heterocycles. The molecule has 0 spiro atoms. The SMILES string of the molecule is OC(COc1ccccn1)CN1CCNCC1. The molecular weight excluding hydrogens is 218 g/mol. The fourth-order valence-electron chi connectivity index (χ4n) is 1.86. The Labute approximate surface area is 101 Å². The summed E-state index contributed by atoms with van der Waals surface area (Å²) >= 11 is 0. The Morgan fingerprint density at radius 1 is 1.41 bits per heavy atom. The first-order valence-electron chi connectivity index (χ1n) is 5.99. The van der Waals surface area contributed by atoms with Gasteiger partial charge in [-0.15, -0.1) is 0 Å². The number of nitrogens with one attached hydrogen (secondary N) is 1. The molecule has 0 saturated carbocycles. The van der Waals surface area contributed by atoms with E-state index in [1.165, 1.54) is 0 Å². The number of pyridine rings is 1. The topological polar surface area (TPSA) is 57.6 Å². The van der Waals surface area contributed by atoms with Crippen molar-refractivity contribution in [1.82, 2.24) is 15.2 Å². The minimum absolute atomic E-state index is 0.293. The number of β-amino-alcohol motifs (C(OH)–C–C–N with tert-alkyl or cyclic N) is 1. The van der Waals surface area contributed by atoms with Gasteiger partial charge in [-0.05, 0) is 6.07 Å². The first-order valence-corrected chi connectivity index (χ1v) is 5.99. The Kier molecular flexibility index (Phi) is 4.73. The number of piperazine rings is 1. The summed E-state index contributed by atoms with van der Waals surface area (Å²) in [7, 11) is 0. The maximum atomic E-state index is 9.85. The Hall–Kier alpha value is -1.17. The molecule has 17 heavy (non-hydrogen) atoms. The van der Waals surface area contributed by atoms with E-state index in [9.17, 15) is 5.11 Å². The molecule has 0 aliphatic carbocycles. The van der Waals surface area contributed by atoms with Gasteiger partial charge in [0.25, 0.3) is 0 Å². The van der Waals surface area contributed by atoms with Crippen LogP contribution in [0.15, 0.2) is 24.4 Å². The van der Waals surface area contributed by atoms with E-state index < -0.39 is 6.10 Å². The normalized spacial score (nSPS) is 18.9. The van der Waals surface area contributed by atoms with Crippen LogP contribution >= 0.6 is 0 Å². The maximum absolute atomic E-state index is 9.85. The summed E-state index contributed by atoms with van der Waals surface area (Å²) in [5.41, 5.74) is 0. The van der Waals surface area contributed by atoms with Crippen molar-refractivity contribution in [2.45, 2.75) is 6.10 Å². The van der Waals surface area contributed by atoms with Crippen LogP contribution in [0.25, 0.3) is 0 Å². The molecule has 1 aliphatic rings. The Balaban J connectivity index is 1.68. The van der Waals surface area contributed by atoms with Gasteiger partial charge < -0.3 is 15.2 Å². The highest BCUT2D eigenvalue weighted by Crippen LogP contribution is 2.04. The minimum Gasteiger partial charge on any atom is -0.475 e. The molecule has 1 aromatic rings. The monoisotopic (exact) mass is 237 g/mol. The average Bonchev–Trinajstić information content (AvgIpc) is 2.39. The second-order valence-corrected chi connectivity index (χ2v) is 4.18. The number of aromatic nitrogens is 1. The van der Waals surface area contributed by atoms with Crippen LogP contribution in [0.3, 0.4) is 0 Å². The largest absolute Gasteiger partial charge is 0.475 e. The molecule has 1 fully saturated rings. The summed E-state index contributed by atoms with van der Waals surface area (Å²) in [5.74, 6) is 0.562. The van der Waals surface area contributed by atoms with E-state index in [-0.39, 0.29) is 0 Å². The van der Waals surface area contributed by atoms with Crippen molar-refractivity contribution in [3.63, 3.8) is 0 Å². The number of nitrogens with zero attached hydrogens (tertiary/aromatic N) is 2. The van der Waals surface area contributed by atoms with Crippen LogP contribution in [0.2, 0.25) is 0 Å². The molecule has 94 valence electrons. The van der Waals surface area contributed by atoms with Crippen molar-refractivity contribution in [2.24, 2.45) is 0 Å². The van der Waals surface area contributed by atoms with Gasteiger partial charge in [0.2, 0.25) is 5.88 Å². The lowest BCUT2D eigenvalue weighted by molar-refractivity contribution is 0.0626. The molecule has 5 heteroatoms. The molecule has 1 atom stereocenters. The predicted octanol–water partition coefficient (Wildman–Crippen LogP) is -0.273. The van der Waals surface area contributed by atoms with Crippen LogP contribution < -0.4 is 10.1 Å². The summed E-state index contributed by atoms with van der Waals surface area (Å²) < 4.78 is 5.41. The molecule has 0 bridgehead atoms. The van der Waals surface area contributed by atoms with Gasteiger partial charge >= 0.3 is 0 Å². The van der Waals surface area contributed by atoms with Crippen LogP contribution in [-0.4, -0.2) is 60.4 Å². The van der Waals surface area contributed by atoms with Gasteiger partial charge in [-0.2, -0.15) is 0 Å². The highest BCUT2D eigenvalue weighted by atomic mass is 16.5. The third-order valence-electron chi connectivity index (χ3n) is 2.74. The highest BCUT2D eigenvalue weighted by Gasteiger charge is 2.14. The molecule has 2 heterocycles. The van der Waals surface area contributed by atoms with Crippen LogP contribution in [0, 0.1) is 0 Å². The molecule has 1 saturated heterocycles. The smallest absolute Gasteiger partial charge is 0.213 e. The maximum Gasteiger partial charge on any atom is 0.213 e. The lowest BCUT2D eigenvalue weighted by Crippen LogP contribution is -2.47. The van der Waals surface area contributed by atoms with Crippen molar-refractivity contribution >= 4 is 0 Å². The number of ether oxygens (including phenoxy) is 1. The third-order valence-corrected chi connectivity index (χ3v) is 2.74. The summed E-state index contributed by atoms with van der Waals surface area (Å²) in [6.45, 7) is 4.92. The first kappa shape index (κ1) is 12.3. The Morgan fingerprint density at radius 3 is 2.94 bits per heavy atom. The van der Waals surface area contributed by atoms with Crippen molar-refractivity contribution in [1.29, 1.82) is 0 Å². The lowest BCUT2D eigenvalue weighted by atomic mass is 10.3. The van der Waals surface area contributed by atoms with Crippen molar-refractivity contribution in [3.8, 4) is 5.88 Å². The third kappa shape index (κ3) is 4.30. The van der Waals surface area contributed by atoms with E-state index >= 15 is 0 Å². The second kappa shape index (κ2) is 6.54. The minimum atomic E-state index is -0.463. The van der Waals surface area contributed by atoms with Crippen molar-refractivity contribution in [3.05, 3.63) is 24.4 Å². The van der Waals surface area contributed by atoms with Gasteiger partial charge in [-0.25, -0.2) is 4.98 Å². The zero-order valence-electron chi connectivity index (χ0n) is 9.88. The zero-order chi connectivity index (χ0) is 11.9. The van der Waals surface area contributed by atoms with E-state index in [0.29, 0.717) is 19.0 Å². The highest BCUT2D eigenvalue weighted by molar-refractivity contribution is 5.09. The van der Waals surface area contributed by atoms with Gasteiger partial charge in [0.15, 0.2) is 0 Å². The number of aliphatic hydroxyl groups excluding tert-OH is 1. The molecule has 0 aromatic carbocycles. The van der Waals surface area contributed by atoms with Crippen molar-refractivity contribution < 1.29 is 9.84 Å². The van der Waals surface area contributed by atoms with Crippen LogP contribution in [0.4, 0.5) is 0 Å².